The van der Waals surface area contributed by atoms with Gasteiger partial charge in [-0.2, -0.15) is 0 Å². The molecule has 1 saturated heterocycles. The Morgan fingerprint density at radius 3 is 2.29 bits per heavy atom. The first-order valence-electron chi connectivity index (χ1n) is 14.0. The van der Waals surface area contributed by atoms with Crippen LogP contribution < -0.4 is 5.73 Å². The van der Waals surface area contributed by atoms with Gasteiger partial charge in [-0.1, -0.05) is 48.0 Å². The van der Waals surface area contributed by atoms with Crippen LogP contribution in [0.4, 0.5) is 5.82 Å². The third-order valence-corrected chi connectivity index (χ3v) is 9.11. The largest absolute Gasteiger partial charge is 0.384 e. The maximum atomic E-state index is 13.5. The summed E-state index contributed by atoms with van der Waals surface area (Å²) >= 11 is 0. The average Bonchev–Trinajstić information content (AvgIpc) is 2.95. The highest BCUT2D eigenvalue weighted by molar-refractivity contribution is 7.92. The number of morpholine rings is 1. The van der Waals surface area contributed by atoms with E-state index in [0.717, 1.165) is 66.4 Å². The molecule has 218 valence electrons. The second kappa shape index (κ2) is 12.5. The lowest BCUT2D eigenvalue weighted by Crippen LogP contribution is -2.35. The van der Waals surface area contributed by atoms with Gasteiger partial charge in [0.2, 0.25) is 9.84 Å². The van der Waals surface area contributed by atoms with Gasteiger partial charge >= 0.3 is 0 Å². The molecular weight excluding hydrogens is 548 g/mol. The molecular formula is C33H36N4O4S. The number of ketones is 1. The second-order valence-electron chi connectivity index (χ2n) is 10.9. The van der Waals surface area contributed by atoms with Crippen LogP contribution >= 0.6 is 0 Å². The fourth-order valence-corrected chi connectivity index (χ4v) is 6.61. The molecule has 1 aliphatic heterocycles. The van der Waals surface area contributed by atoms with Gasteiger partial charge in [-0.15, -0.1) is 0 Å². The zero-order valence-electron chi connectivity index (χ0n) is 24.3. The Morgan fingerprint density at radius 2 is 1.62 bits per heavy atom. The second-order valence-corrected chi connectivity index (χ2v) is 12.8. The molecule has 3 heterocycles. The van der Waals surface area contributed by atoms with E-state index in [9.17, 15) is 13.2 Å². The van der Waals surface area contributed by atoms with Gasteiger partial charge in [-0.3, -0.25) is 14.7 Å². The van der Waals surface area contributed by atoms with Crippen LogP contribution in [0.25, 0.3) is 11.3 Å². The summed E-state index contributed by atoms with van der Waals surface area (Å²) in [7, 11) is -4.00. The van der Waals surface area contributed by atoms with Crippen molar-refractivity contribution in [1.82, 2.24) is 14.9 Å². The van der Waals surface area contributed by atoms with Crippen LogP contribution in [-0.2, 0) is 27.5 Å². The summed E-state index contributed by atoms with van der Waals surface area (Å²) in [4.78, 5) is 24.8. The molecule has 0 amide bonds. The third-order valence-electron chi connectivity index (χ3n) is 7.60. The van der Waals surface area contributed by atoms with Crippen LogP contribution in [0.1, 0.15) is 43.9 Å². The molecule has 1 aliphatic rings. The lowest BCUT2D eigenvalue weighted by Gasteiger charge is -2.26. The van der Waals surface area contributed by atoms with Crippen molar-refractivity contribution in [2.75, 3.05) is 37.8 Å². The summed E-state index contributed by atoms with van der Waals surface area (Å²) in [6.07, 6.45) is 0.401. The first-order chi connectivity index (χ1) is 20.1. The van der Waals surface area contributed by atoms with Crippen LogP contribution in [0.2, 0.25) is 0 Å². The Balaban J connectivity index is 1.47. The van der Waals surface area contributed by atoms with Crippen molar-refractivity contribution >= 4 is 21.4 Å². The lowest BCUT2D eigenvalue weighted by atomic mass is 9.93. The molecule has 8 nitrogen and oxygen atoms in total. The van der Waals surface area contributed by atoms with Crippen molar-refractivity contribution in [1.29, 1.82) is 0 Å². The summed E-state index contributed by atoms with van der Waals surface area (Å²) in [5, 5.41) is -0.218. The van der Waals surface area contributed by atoms with Crippen molar-refractivity contribution in [3.05, 3.63) is 106 Å². The van der Waals surface area contributed by atoms with Gasteiger partial charge < -0.3 is 10.5 Å². The first kappa shape index (κ1) is 29.6. The minimum absolute atomic E-state index is 0.0801. The lowest BCUT2D eigenvalue weighted by molar-refractivity contribution is 0.0342. The number of benzene rings is 2. The maximum Gasteiger partial charge on any atom is 0.203 e. The van der Waals surface area contributed by atoms with E-state index >= 15 is 0 Å². The molecule has 2 N–H and O–H groups in total. The molecule has 0 spiro atoms. The standard InChI is InChI=1S/C33H36N4O4S/c1-22-17-23(2)28(24(3)18-22)19-30-27(31(38)21-42(39,40)33-6-4-5-32(34)36-33)11-12-29(35-30)26-9-7-25(8-10-26)20-37-13-15-41-16-14-37/h4-12,17-18H,13-16,19-21H2,1-3H3,(H2,34,36). The number of nitrogens with zero attached hydrogens (tertiary/aromatic N) is 3. The smallest absolute Gasteiger partial charge is 0.203 e. The van der Waals surface area contributed by atoms with Gasteiger partial charge in [0.05, 0.1) is 24.6 Å². The third kappa shape index (κ3) is 6.92. The van der Waals surface area contributed by atoms with Crippen LogP contribution in [0, 0.1) is 20.8 Å². The first-order valence-corrected chi connectivity index (χ1v) is 15.7. The predicted octanol–water partition coefficient (Wildman–Crippen LogP) is 4.73. The Hall–Kier alpha value is -3.92. The minimum Gasteiger partial charge on any atom is -0.384 e. The van der Waals surface area contributed by atoms with Crippen LogP contribution in [0.15, 0.2) is 71.8 Å². The molecule has 0 aliphatic carbocycles. The van der Waals surface area contributed by atoms with E-state index < -0.39 is 21.4 Å². The number of Topliss-reactive ketones (excluding diaryl/α,β-unsaturated/α-hetero) is 1. The number of carbonyl (C=O) groups is 1. The van der Waals surface area contributed by atoms with Gasteiger partial charge in [0.25, 0.3) is 0 Å². The van der Waals surface area contributed by atoms with E-state index in [0.29, 0.717) is 12.1 Å². The molecule has 0 radical (unpaired) electrons. The van der Waals surface area contributed by atoms with E-state index in [1.807, 2.05) is 26.0 Å². The number of hydrogen-bond acceptors (Lipinski definition) is 8. The summed E-state index contributed by atoms with van der Waals surface area (Å²) in [5.74, 6) is -1.17. The fourth-order valence-electron chi connectivity index (χ4n) is 5.43. The van der Waals surface area contributed by atoms with Gasteiger partial charge in [0, 0.05) is 37.2 Å². The highest BCUT2D eigenvalue weighted by Crippen LogP contribution is 2.26. The number of hydrogen-bond donors (Lipinski definition) is 1. The molecule has 42 heavy (non-hydrogen) atoms. The Labute approximate surface area is 247 Å². The topological polar surface area (TPSA) is 115 Å². The molecule has 2 aromatic heterocycles. The van der Waals surface area contributed by atoms with Gasteiger partial charge in [0.1, 0.15) is 11.6 Å². The number of pyridine rings is 2. The van der Waals surface area contributed by atoms with Crippen molar-refractivity contribution in [3.63, 3.8) is 0 Å². The molecule has 4 aromatic rings. The van der Waals surface area contributed by atoms with Crippen molar-refractivity contribution in [2.45, 2.75) is 38.8 Å². The zero-order chi connectivity index (χ0) is 29.9. The molecule has 1 fully saturated rings. The molecule has 0 atom stereocenters. The van der Waals surface area contributed by atoms with E-state index in [-0.39, 0.29) is 16.4 Å². The Kier molecular flexibility index (Phi) is 8.82. The van der Waals surface area contributed by atoms with Crippen molar-refractivity contribution < 1.29 is 17.9 Å². The van der Waals surface area contributed by atoms with Crippen molar-refractivity contribution in [3.8, 4) is 11.3 Å². The quantitative estimate of drug-likeness (QED) is 0.281. The molecule has 0 unspecified atom stereocenters. The summed E-state index contributed by atoms with van der Waals surface area (Å²) in [6, 6.07) is 20.4. The maximum absolute atomic E-state index is 13.5. The van der Waals surface area contributed by atoms with Crippen LogP contribution in [0.3, 0.4) is 0 Å². The zero-order valence-corrected chi connectivity index (χ0v) is 25.1. The minimum atomic E-state index is -4.00. The van der Waals surface area contributed by atoms with E-state index in [2.05, 4.69) is 41.1 Å². The monoisotopic (exact) mass is 584 g/mol. The van der Waals surface area contributed by atoms with Gasteiger partial charge in [-0.25, -0.2) is 13.4 Å². The molecule has 0 saturated carbocycles. The number of nitrogens with two attached hydrogens (primary N) is 1. The molecule has 5 rings (SSSR count). The number of anilines is 1. The predicted molar refractivity (Wildman–Crippen MR) is 164 cm³/mol. The van der Waals surface area contributed by atoms with E-state index in [1.54, 1.807) is 12.1 Å². The number of aryl methyl sites for hydroxylation is 3. The fraction of sp³-hybridized carbons (Fsp3) is 0.303. The van der Waals surface area contributed by atoms with E-state index in [4.69, 9.17) is 15.5 Å². The number of sulfone groups is 1. The number of aromatic nitrogens is 2. The summed E-state index contributed by atoms with van der Waals surface area (Å²) in [5.41, 5.74) is 13.8. The Morgan fingerprint density at radius 1 is 0.929 bits per heavy atom. The highest BCUT2D eigenvalue weighted by Gasteiger charge is 2.25. The molecule has 0 bridgehead atoms. The van der Waals surface area contributed by atoms with Gasteiger partial charge in [0.15, 0.2) is 10.8 Å². The summed E-state index contributed by atoms with van der Waals surface area (Å²) in [6.45, 7) is 10.4. The van der Waals surface area contributed by atoms with Crippen LogP contribution in [-0.4, -0.2) is 61.1 Å². The number of nitrogen functional groups attached to an aromatic ring is 1. The number of carbonyl (C=O) groups excluding carboxylic acids is 1. The molecule has 2 aromatic carbocycles. The number of ether oxygens (including phenoxy) is 1. The van der Waals surface area contributed by atoms with Crippen LogP contribution in [0.5, 0.6) is 0 Å². The number of rotatable bonds is 9. The highest BCUT2D eigenvalue weighted by atomic mass is 32.2. The normalized spacial score (nSPS) is 14.2. The average molecular weight is 585 g/mol. The summed E-state index contributed by atoms with van der Waals surface area (Å²) < 4.78 is 31.6. The SMILES string of the molecule is Cc1cc(C)c(Cc2nc(-c3ccc(CN4CCOCC4)cc3)ccc2C(=O)CS(=O)(=O)c2cccc(N)n2)c(C)c1. The van der Waals surface area contributed by atoms with E-state index in [1.165, 1.54) is 23.8 Å². The molecule has 9 heteroatoms. The Bertz CT molecular complexity index is 1690. The van der Waals surface area contributed by atoms with Gasteiger partial charge in [-0.05, 0) is 67.3 Å². The van der Waals surface area contributed by atoms with Crippen molar-refractivity contribution in [2.24, 2.45) is 0 Å².